The van der Waals surface area contributed by atoms with Crippen molar-refractivity contribution >= 4 is 129 Å². The molecule has 74 heavy (non-hydrogen) atoms. The Balaban J connectivity index is 0.000000122. The smallest absolute Gasteiger partial charge is 0.194 e. The van der Waals surface area contributed by atoms with Crippen LogP contribution in [0.3, 0.4) is 0 Å². The second kappa shape index (κ2) is 14.6. The molecule has 340 valence electrons. The predicted octanol–water partition coefficient (Wildman–Crippen LogP) is 17.9. The molecular formula is C72H40O2. The molecule has 0 bridgehead atoms. The number of hydrogen-bond acceptors (Lipinski definition) is 2. The van der Waals surface area contributed by atoms with Gasteiger partial charge in [0.05, 0.1) is 0 Å². The topological polar surface area (TPSA) is 34.1 Å². The summed E-state index contributed by atoms with van der Waals surface area (Å²) in [5, 5.41) is 26.2. The van der Waals surface area contributed by atoms with E-state index in [1.807, 2.05) is 36.4 Å². The largest absolute Gasteiger partial charge is 0.289 e. The summed E-state index contributed by atoms with van der Waals surface area (Å²) in [6.07, 6.45) is 2.04. The van der Waals surface area contributed by atoms with E-state index < -0.39 is 0 Å². The van der Waals surface area contributed by atoms with Gasteiger partial charge in [-0.25, -0.2) is 0 Å². The van der Waals surface area contributed by atoms with Crippen molar-refractivity contribution < 1.29 is 0 Å². The van der Waals surface area contributed by atoms with E-state index in [0.717, 1.165) is 61.3 Å². The second-order valence-electron chi connectivity index (χ2n) is 20.8. The molecule has 0 atom stereocenters. The maximum Gasteiger partial charge on any atom is 0.194 e. The van der Waals surface area contributed by atoms with E-state index in [1.54, 1.807) is 0 Å². The quantitative estimate of drug-likeness (QED) is 0.142. The Labute approximate surface area is 423 Å². The Kier molecular flexibility index (Phi) is 7.90. The molecule has 16 aromatic rings. The van der Waals surface area contributed by atoms with E-state index in [4.69, 9.17) is 0 Å². The van der Waals surface area contributed by atoms with Gasteiger partial charge in [-0.2, -0.15) is 0 Å². The van der Waals surface area contributed by atoms with E-state index in [-0.39, 0.29) is 10.9 Å². The van der Waals surface area contributed by atoms with Gasteiger partial charge in [0, 0.05) is 26.9 Å². The minimum Gasteiger partial charge on any atom is -0.289 e. The van der Waals surface area contributed by atoms with E-state index in [1.165, 1.54) is 104 Å². The molecule has 2 aliphatic carbocycles. The van der Waals surface area contributed by atoms with Crippen LogP contribution in [0, 0.1) is 0 Å². The number of benzene rings is 14. The van der Waals surface area contributed by atoms with Crippen LogP contribution in [0.4, 0.5) is 0 Å². The summed E-state index contributed by atoms with van der Waals surface area (Å²) in [5.41, 5.74) is 11.6. The first kappa shape index (κ1) is 40.1. The monoisotopic (exact) mass is 936 g/mol. The lowest BCUT2D eigenvalue weighted by Gasteiger charge is -2.13. The summed E-state index contributed by atoms with van der Waals surface area (Å²) >= 11 is 0. The fourth-order valence-electron chi connectivity index (χ4n) is 13.9. The van der Waals surface area contributed by atoms with Crippen LogP contribution in [0.25, 0.3) is 152 Å². The number of fused-ring (bicyclic) bond motifs is 28. The zero-order valence-electron chi connectivity index (χ0n) is 40.0. The van der Waals surface area contributed by atoms with Crippen LogP contribution in [0.2, 0.25) is 0 Å². The minimum absolute atomic E-state index is 0.0260. The van der Waals surface area contributed by atoms with Crippen LogP contribution in [0.5, 0.6) is 0 Å². The van der Waals surface area contributed by atoms with Crippen molar-refractivity contribution in [3.8, 4) is 22.3 Å². The molecule has 0 fully saturated rings. The Morgan fingerprint density at radius 2 is 0.568 bits per heavy atom. The first-order chi connectivity index (χ1) is 36.5. The van der Waals surface area contributed by atoms with Gasteiger partial charge in [0.25, 0.3) is 0 Å². The van der Waals surface area contributed by atoms with Crippen LogP contribution >= 0.6 is 0 Å². The van der Waals surface area contributed by atoms with Crippen LogP contribution < -0.4 is 10.9 Å². The molecule has 0 spiro atoms. The molecule has 2 heteroatoms. The molecule has 0 aliphatic heterocycles. The van der Waals surface area contributed by atoms with Gasteiger partial charge >= 0.3 is 0 Å². The van der Waals surface area contributed by atoms with Crippen molar-refractivity contribution in [2.45, 2.75) is 12.8 Å². The molecule has 0 saturated carbocycles. The summed E-state index contributed by atoms with van der Waals surface area (Å²) in [6, 6.07) is 78.3. The van der Waals surface area contributed by atoms with E-state index in [0.29, 0.717) is 21.5 Å². The van der Waals surface area contributed by atoms with Gasteiger partial charge in [0.1, 0.15) is 0 Å². The highest BCUT2D eigenvalue weighted by molar-refractivity contribution is 6.32. The Morgan fingerprint density at radius 3 is 1.16 bits per heavy atom. The van der Waals surface area contributed by atoms with Gasteiger partial charge in [-0.3, -0.25) is 9.59 Å². The molecule has 0 radical (unpaired) electrons. The van der Waals surface area contributed by atoms with Gasteiger partial charge in [-0.1, -0.05) is 164 Å². The first-order valence-electron chi connectivity index (χ1n) is 25.7. The lowest BCUT2D eigenvalue weighted by atomic mass is 9.91. The standard InChI is InChI=1S/C36H18O2.C36H22/c37-35-25-14-13-19-7-1-2-8-20(19)34(25)30-18-32-29(17-33(30)35)28-15-26-23-11-5-3-9-21(23)22-10-4-6-12-24(22)27(26)16-31(28)36(32)38;1-2-8-26-21(7-1)13-14-22-15-25-17-31-23(18-33(25)36(22)26)16-24-19-34-29-11-5-3-9-27(29)28-10-4-6-12-30(28)35(34)20-32(24)31/h1-18H;1-14,17-20H,15-16H2. The molecule has 0 saturated heterocycles. The van der Waals surface area contributed by atoms with E-state index in [2.05, 4.69) is 182 Å². The van der Waals surface area contributed by atoms with Crippen LogP contribution in [0.1, 0.15) is 22.3 Å². The van der Waals surface area contributed by atoms with Gasteiger partial charge in [-0.15, -0.1) is 0 Å². The minimum atomic E-state index is 0.0260. The maximum atomic E-state index is 13.9. The average molecular weight is 937 g/mol. The highest BCUT2D eigenvalue weighted by atomic mass is 16.1. The summed E-state index contributed by atoms with van der Waals surface area (Å²) in [4.78, 5) is 27.5. The van der Waals surface area contributed by atoms with Crippen molar-refractivity contribution in [1.82, 2.24) is 0 Å². The molecule has 2 nitrogen and oxygen atoms in total. The Bertz CT molecular complexity index is 5360. The molecule has 16 aromatic carbocycles. The average Bonchev–Trinajstić information content (AvgIpc) is 4.22. The van der Waals surface area contributed by atoms with Crippen molar-refractivity contribution in [3.63, 3.8) is 0 Å². The van der Waals surface area contributed by atoms with Crippen molar-refractivity contribution in [2.24, 2.45) is 0 Å². The van der Waals surface area contributed by atoms with Crippen molar-refractivity contribution in [3.05, 3.63) is 261 Å². The molecule has 2 aliphatic rings. The van der Waals surface area contributed by atoms with E-state index in [9.17, 15) is 9.59 Å². The van der Waals surface area contributed by atoms with Gasteiger partial charge < -0.3 is 0 Å². The van der Waals surface area contributed by atoms with Gasteiger partial charge in [-0.05, 0) is 214 Å². The molecular weight excluding hydrogens is 897 g/mol. The Hall–Kier alpha value is -9.50. The number of hydrogen-bond donors (Lipinski definition) is 0. The fourth-order valence-corrected chi connectivity index (χ4v) is 13.9. The second-order valence-corrected chi connectivity index (χ2v) is 20.8. The third-order valence-electron chi connectivity index (χ3n) is 17.1. The van der Waals surface area contributed by atoms with Crippen LogP contribution in [-0.4, -0.2) is 0 Å². The van der Waals surface area contributed by atoms with Crippen LogP contribution in [0.15, 0.2) is 228 Å². The Morgan fingerprint density at radius 1 is 0.216 bits per heavy atom. The summed E-state index contributed by atoms with van der Waals surface area (Å²) in [7, 11) is 0. The third-order valence-corrected chi connectivity index (χ3v) is 17.1. The van der Waals surface area contributed by atoms with Gasteiger partial charge in [0.15, 0.2) is 10.9 Å². The SMILES string of the molecule is O=c1c2cc3c(cc2c2cc4c5ccccc5c5ccccc5c4cc12)c(=O)c1ccc2ccccc2c13.c1ccc2c3c(ccc2c1)Cc1cc2c(cc1-3)Cc1cc3c4ccccc4c4ccccc4c3cc1-2. The molecule has 0 unspecified atom stereocenters. The summed E-state index contributed by atoms with van der Waals surface area (Å²) in [6.45, 7) is 0. The number of rotatable bonds is 0. The van der Waals surface area contributed by atoms with Crippen LogP contribution in [-0.2, 0) is 12.8 Å². The molecule has 18 rings (SSSR count). The van der Waals surface area contributed by atoms with E-state index >= 15 is 0 Å². The predicted molar refractivity (Wildman–Crippen MR) is 314 cm³/mol. The summed E-state index contributed by atoms with van der Waals surface area (Å²) < 4.78 is 0. The molecule has 0 heterocycles. The fraction of sp³-hybridized carbons (Fsp3) is 0.0278. The third kappa shape index (κ3) is 5.33. The molecule has 0 amide bonds. The highest BCUT2D eigenvalue weighted by Crippen LogP contribution is 2.49. The molecule has 0 N–H and O–H groups in total. The maximum absolute atomic E-state index is 13.9. The van der Waals surface area contributed by atoms with Crippen molar-refractivity contribution in [2.75, 3.05) is 0 Å². The zero-order valence-corrected chi connectivity index (χ0v) is 40.0. The molecule has 0 aromatic heterocycles. The van der Waals surface area contributed by atoms with Gasteiger partial charge in [0.2, 0.25) is 0 Å². The zero-order chi connectivity index (χ0) is 48.5. The highest BCUT2D eigenvalue weighted by Gasteiger charge is 2.28. The normalized spacial score (nSPS) is 12.9. The van der Waals surface area contributed by atoms with Crippen molar-refractivity contribution in [1.29, 1.82) is 0 Å². The lowest BCUT2D eigenvalue weighted by molar-refractivity contribution is 1.24. The first-order valence-corrected chi connectivity index (χ1v) is 25.7. The lowest BCUT2D eigenvalue weighted by Crippen LogP contribution is -1.95. The summed E-state index contributed by atoms with van der Waals surface area (Å²) in [5.74, 6) is 0.